The Hall–Kier alpha value is -2.45. The molecule has 29 heavy (non-hydrogen) atoms. The molecule has 0 radical (unpaired) electrons. The van der Waals surface area contributed by atoms with Crippen molar-refractivity contribution >= 4 is 17.6 Å². The second-order valence-corrected chi connectivity index (χ2v) is 8.33. The lowest BCUT2D eigenvalue weighted by atomic mass is 9.74. The SMILES string of the molecule is COC(=O)CC1(NC(=O)c2ccc(N3CC(F)(F)C3)c(OCC3CC3)n2)CCC1. The summed E-state index contributed by atoms with van der Waals surface area (Å²) in [5, 5.41) is 2.91. The lowest BCUT2D eigenvalue weighted by Gasteiger charge is -2.42. The van der Waals surface area contributed by atoms with Crippen LogP contribution in [0, 0.1) is 5.92 Å². The van der Waals surface area contributed by atoms with Gasteiger partial charge in [0.15, 0.2) is 0 Å². The molecule has 1 aromatic rings. The molecule has 0 spiro atoms. The Bertz CT molecular complexity index is 801. The number of nitrogens with one attached hydrogen (secondary N) is 1. The van der Waals surface area contributed by atoms with Crippen molar-refractivity contribution in [3.63, 3.8) is 0 Å². The number of carbonyl (C=O) groups excluding carboxylic acids is 2. The quantitative estimate of drug-likeness (QED) is 0.665. The summed E-state index contributed by atoms with van der Waals surface area (Å²) < 4.78 is 37.1. The second-order valence-electron chi connectivity index (χ2n) is 8.33. The zero-order valence-corrected chi connectivity index (χ0v) is 16.4. The highest BCUT2D eigenvalue weighted by molar-refractivity contribution is 5.94. The number of esters is 1. The number of pyridine rings is 1. The standard InChI is InChI=1S/C20H25F2N3O4/c1-28-16(26)9-19(7-2-8-19)24-17(27)14-5-6-15(25-11-20(21,22)12-25)18(23-14)29-10-13-3-4-13/h5-6,13H,2-4,7-12H2,1H3,(H,24,27). The van der Waals surface area contributed by atoms with Crippen LogP contribution >= 0.6 is 0 Å². The first-order valence-corrected chi connectivity index (χ1v) is 9.95. The minimum atomic E-state index is -2.71. The molecule has 158 valence electrons. The molecule has 0 bridgehead atoms. The fourth-order valence-corrected chi connectivity index (χ4v) is 3.67. The van der Waals surface area contributed by atoms with Gasteiger partial charge in [-0.25, -0.2) is 13.8 Å². The molecular weight excluding hydrogens is 384 g/mol. The number of alkyl halides is 2. The third-order valence-electron chi connectivity index (χ3n) is 5.81. The highest BCUT2D eigenvalue weighted by Crippen LogP contribution is 2.39. The molecule has 9 heteroatoms. The van der Waals surface area contributed by atoms with Gasteiger partial charge in [-0.1, -0.05) is 0 Å². The van der Waals surface area contributed by atoms with Crippen molar-refractivity contribution < 1.29 is 27.8 Å². The largest absolute Gasteiger partial charge is 0.476 e. The Morgan fingerprint density at radius 3 is 2.55 bits per heavy atom. The van der Waals surface area contributed by atoms with E-state index in [1.807, 2.05) is 0 Å². The van der Waals surface area contributed by atoms with Gasteiger partial charge in [0.25, 0.3) is 11.8 Å². The lowest BCUT2D eigenvalue weighted by Crippen LogP contribution is -2.56. The van der Waals surface area contributed by atoms with Crippen molar-refractivity contribution in [3.8, 4) is 5.88 Å². The number of anilines is 1. The Balaban J connectivity index is 1.49. The maximum absolute atomic E-state index is 13.3. The maximum Gasteiger partial charge on any atom is 0.307 e. The van der Waals surface area contributed by atoms with Crippen molar-refractivity contribution in [1.82, 2.24) is 10.3 Å². The third-order valence-corrected chi connectivity index (χ3v) is 5.81. The van der Waals surface area contributed by atoms with E-state index in [4.69, 9.17) is 9.47 Å². The van der Waals surface area contributed by atoms with Gasteiger partial charge in [-0.3, -0.25) is 9.59 Å². The van der Waals surface area contributed by atoms with E-state index in [9.17, 15) is 18.4 Å². The van der Waals surface area contributed by atoms with Crippen molar-refractivity contribution in [2.75, 3.05) is 31.7 Å². The highest BCUT2D eigenvalue weighted by atomic mass is 19.3. The summed E-state index contributed by atoms with van der Waals surface area (Å²) in [5.74, 6) is -2.84. The zero-order chi connectivity index (χ0) is 20.6. The minimum Gasteiger partial charge on any atom is -0.476 e. The molecule has 0 aromatic carbocycles. The van der Waals surface area contributed by atoms with Crippen LogP contribution in [0.25, 0.3) is 0 Å². The van der Waals surface area contributed by atoms with Gasteiger partial charge in [0.05, 0.1) is 38.8 Å². The first-order chi connectivity index (χ1) is 13.8. The van der Waals surface area contributed by atoms with Gasteiger partial charge in [0.2, 0.25) is 5.88 Å². The van der Waals surface area contributed by atoms with Crippen LogP contribution in [0.5, 0.6) is 5.88 Å². The van der Waals surface area contributed by atoms with Gasteiger partial charge in [-0.05, 0) is 50.2 Å². The number of hydrogen-bond donors (Lipinski definition) is 1. The van der Waals surface area contributed by atoms with E-state index in [0.717, 1.165) is 19.3 Å². The summed E-state index contributed by atoms with van der Waals surface area (Å²) in [6, 6.07) is 3.11. The smallest absolute Gasteiger partial charge is 0.307 e. The van der Waals surface area contributed by atoms with Crippen LogP contribution in [0.3, 0.4) is 0 Å². The molecule has 0 atom stereocenters. The number of amides is 1. The van der Waals surface area contributed by atoms with Crippen LogP contribution in [0.4, 0.5) is 14.5 Å². The molecule has 3 aliphatic rings. The fraction of sp³-hybridized carbons (Fsp3) is 0.650. The molecule has 1 aromatic heterocycles. The van der Waals surface area contributed by atoms with E-state index in [1.54, 1.807) is 6.07 Å². The molecule has 1 aliphatic heterocycles. The summed E-state index contributed by atoms with van der Waals surface area (Å²) in [6.45, 7) is -0.313. The van der Waals surface area contributed by atoms with Crippen LogP contribution in [0.2, 0.25) is 0 Å². The Kier molecular flexibility index (Phi) is 5.08. The Morgan fingerprint density at radius 1 is 1.28 bits per heavy atom. The van der Waals surface area contributed by atoms with E-state index in [-0.39, 0.29) is 37.1 Å². The van der Waals surface area contributed by atoms with E-state index in [1.165, 1.54) is 18.1 Å². The third kappa shape index (κ3) is 4.43. The number of halogens is 2. The highest BCUT2D eigenvalue weighted by Gasteiger charge is 2.45. The number of hydrogen-bond acceptors (Lipinski definition) is 6. The number of carbonyl (C=O) groups is 2. The molecule has 2 aliphatic carbocycles. The van der Waals surface area contributed by atoms with Crippen molar-refractivity contribution in [2.24, 2.45) is 5.92 Å². The first kappa shape index (κ1) is 19.8. The van der Waals surface area contributed by atoms with E-state index >= 15 is 0 Å². The predicted octanol–water partition coefficient (Wildman–Crippen LogP) is 2.54. The van der Waals surface area contributed by atoms with Crippen LogP contribution < -0.4 is 15.0 Å². The number of methoxy groups -OCH3 is 1. The summed E-state index contributed by atoms with van der Waals surface area (Å²) >= 11 is 0. The van der Waals surface area contributed by atoms with E-state index in [2.05, 4.69) is 10.3 Å². The first-order valence-electron chi connectivity index (χ1n) is 9.95. The Labute approximate surface area is 167 Å². The predicted molar refractivity (Wildman–Crippen MR) is 100 cm³/mol. The number of aromatic nitrogens is 1. The molecule has 4 rings (SSSR count). The lowest BCUT2D eigenvalue weighted by molar-refractivity contribution is -0.143. The van der Waals surface area contributed by atoms with Crippen molar-refractivity contribution in [3.05, 3.63) is 17.8 Å². The second kappa shape index (κ2) is 7.42. The molecular formula is C20H25F2N3O4. The maximum atomic E-state index is 13.3. The van der Waals surface area contributed by atoms with E-state index < -0.39 is 17.4 Å². The Morgan fingerprint density at radius 2 is 2.00 bits per heavy atom. The van der Waals surface area contributed by atoms with Crippen molar-refractivity contribution in [1.29, 1.82) is 0 Å². The van der Waals surface area contributed by atoms with Crippen LogP contribution in [0.15, 0.2) is 12.1 Å². The molecule has 2 heterocycles. The fourth-order valence-electron chi connectivity index (χ4n) is 3.67. The molecule has 7 nitrogen and oxygen atoms in total. The van der Waals surface area contributed by atoms with Gasteiger partial charge < -0.3 is 19.7 Å². The number of nitrogens with zero attached hydrogens (tertiary/aromatic N) is 2. The number of ether oxygens (including phenoxy) is 2. The normalized spacial score (nSPS) is 21.6. The van der Waals surface area contributed by atoms with Crippen LogP contribution in [-0.4, -0.2) is 55.1 Å². The van der Waals surface area contributed by atoms with Gasteiger partial charge in [0, 0.05) is 0 Å². The summed E-state index contributed by atoms with van der Waals surface area (Å²) in [6.07, 6.45) is 4.57. The average molecular weight is 409 g/mol. The van der Waals surface area contributed by atoms with Gasteiger partial charge in [-0.2, -0.15) is 0 Å². The summed E-state index contributed by atoms with van der Waals surface area (Å²) in [7, 11) is 1.32. The summed E-state index contributed by atoms with van der Waals surface area (Å²) in [4.78, 5) is 30.3. The van der Waals surface area contributed by atoms with Gasteiger partial charge in [-0.15, -0.1) is 0 Å². The zero-order valence-electron chi connectivity index (χ0n) is 16.4. The molecule has 0 unspecified atom stereocenters. The molecule has 2 saturated carbocycles. The average Bonchev–Trinajstić information content (AvgIpc) is 3.46. The number of rotatable bonds is 8. The molecule has 1 N–H and O–H groups in total. The van der Waals surface area contributed by atoms with Gasteiger partial charge >= 0.3 is 5.97 Å². The molecule has 1 amide bonds. The van der Waals surface area contributed by atoms with E-state index in [0.29, 0.717) is 31.1 Å². The topological polar surface area (TPSA) is 80.8 Å². The van der Waals surface area contributed by atoms with Crippen LogP contribution in [-0.2, 0) is 9.53 Å². The monoisotopic (exact) mass is 409 g/mol. The summed E-state index contributed by atoms with van der Waals surface area (Å²) in [5.41, 5.74) is 0.00282. The van der Waals surface area contributed by atoms with Crippen LogP contribution in [0.1, 0.15) is 49.0 Å². The minimum absolute atomic E-state index is 0.112. The molecule has 1 saturated heterocycles. The molecule has 3 fully saturated rings. The van der Waals surface area contributed by atoms with Crippen molar-refractivity contribution in [2.45, 2.75) is 50.0 Å². The van der Waals surface area contributed by atoms with Gasteiger partial charge in [0.1, 0.15) is 11.4 Å².